The van der Waals surface area contributed by atoms with Crippen molar-refractivity contribution in [2.45, 2.75) is 44.7 Å². The zero-order chi connectivity index (χ0) is 15.1. The number of carbonyl (C=O) groups is 2. The van der Waals surface area contributed by atoms with Crippen LogP contribution >= 0.6 is 0 Å². The fraction of sp³-hybridized carbons (Fsp3) is 0.647. The number of likely N-dealkylation sites (tertiary alicyclic amines) is 1. The van der Waals surface area contributed by atoms with Crippen LogP contribution in [0.2, 0.25) is 0 Å². The third-order valence-electron chi connectivity index (χ3n) is 5.58. The summed E-state index contributed by atoms with van der Waals surface area (Å²) in [5, 5.41) is 3.21. The lowest BCUT2D eigenvalue weighted by Crippen LogP contribution is -2.42. The molecule has 1 N–H and O–H groups in total. The van der Waals surface area contributed by atoms with Crippen LogP contribution in [0.1, 0.15) is 37.9 Å². The molecule has 1 aromatic heterocycles. The van der Waals surface area contributed by atoms with Crippen molar-refractivity contribution in [1.29, 1.82) is 0 Å². The van der Waals surface area contributed by atoms with Crippen molar-refractivity contribution in [1.82, 2.24) is 10.2 Å². The quantitative estimate of drug-likeness (QED) is 0.924. The van der Waals surface area contributed by atoms with Gasteiger partial charge in [-0.15, -0.1) is 0 Å². The lowest BCUT2D eigenvalue weighted by atomic mass is 9.94. The normalized spacial score (nSPS) is 33.6. The molecule has 5 nitrogen and oxygen atoms in total. The SMILES string of the molecule is O=C(N[C@H]1C[C@H]2CC[C@@H]1C2)[C@@H]1CC(=O)N(Cc2ccco2)C1. The Balaban J connectivity index is 1.33. The van der Waals surface area contributed by atoms with Crippen molar-refractivity contribution >= 4 is 11.8 Å². The van der Waals surface area contributed by atoms with E-state index in [1.807, 2.05) is 12.1 Å². The first-order valence-corrected chi connectivity index (χ1v) is 8.29. The van der Waals surface area contributed by atoms with Crippen molar-refractivity contribution in [2.24, 2.45) is 17.8 Å². The Hall–Kier alpha value is -1.78. The minimum atomic E-state index is -0.207. The van der Waals surface area contributed by atoms with Crippen LogP contribution in [0.4, 0.5) is 0 Å². The molecule has 1 aliphatic heterocycles. The van der Waals surface area contributed by atoms with E-state index in [0.717, 1.165) is 18.1 Å². The minimum Gasteiger partial charge on any atom is -0.467 e. The molecule has 1 saturated heterocycles. The monoisotopic (exact) mass is 302 g/mol. The highest BCUT2D eigenvalue weighted by atomic mass is 16.3. The smallest absolute Gasteiger partial charge is 0.225 e. The number of rotatable bonds is 4. The van der Waals surface area contributed by atoms with Gasteiger partial charge in [0.15, 0.2) is 0 Å². The molecule has 0 unspecified atom stereocenters. The van der Waals surface area contributed by atoms with Crippen LogP contribution in [0.25, 0.3) is 0 Å². The summed E-state index contributed by atoms with van der Waals surface area (Å²) in [5.41, 5.74) is 0. The highest BCUT2D eigenvalue weighted by Crippen LogP contribution is 2.44. The Bertz CT molecular complexity index is 568. The fourth-order valence-corrected chi connectivity index (χ4v) is 4.41. The van der Waals surface area contributed by atoms with Crippen molar-refractivity contribution < 1.29 is 14.0 Å². The van der Waals surface area contributed by atoms with E-state index in [1.165, 1.54) is 19.3 Å². The average molecular weight is 302 g/mol. The summed E-state index contributed by atoms with van der Waals surface area (Å²) in [6.45, 7) is 0.968. The summed E-state index contributed by atoms with van der Waals surface area (Å²) in [6, 6.07) is 4.02. The van der Waals surface area contributed by atoms with Gasteiger partial charge in [-0.1, -0.05) is 6.42 Å². The molecule has 2 heterocycles. The molecule has 0 aromatic carbocycles. The summed E-state index contributed by atoms with van der Waals surface area (Å²) < 4.78 is 5.29. The topological polar surface area (TPSA) is 62.6 Å². The predicted molar refractivity (Wildman–Crippen MR) is 79.6 cm³/mol. The molecule has 4 atom stereocenters. The molecular formula is C17H22N2O3. The summed E-state index contributed by atoms with van der Waals surface area (Å²) in [5.74, 6) is 2.16. The van der Waals surface area contributed by atoms with Gasteiger partial charge < -0.3 is 14.6 Å². The Kier molecular flexibility index (Phi) is 3.43. The molecule has 3 aliphatic rings. The molecule has 118 valence electrons. The number of carbonyl (C=O) groups excluding carboxylic acids is 2. The lowest BCUT2D eigenvalue weighted by molar-refractivity contribution is -0.129. The van der Waals surface area contributed by atoms with Crippen molar-refractivity contribution in [3.8, 4) is 0 Å². The fourth-order valence-electron chi connectivity index (χ4n) is 4.41. The highest BCUT2D eigenvalue weighted by Gasteiger charge is 2.42. The van der Waals surface area contributed by atoms with Crippen molar-refractivity contribution in [3.63, 3.8) is 0 Å². The van der Waals surface area contributed by atoms with Crippen molar-refractivity contribution in [3.05, 3.63) is 24.2 Å². The number of fused-ring (bicyclic) bond motifs is 2. The summed E-state index contributed by atoms with van der Waals surface area (Å²) >= 11 is 0. The standard InChI is InChI=1S/C17H22N2O3/c20-16-8-13(9-19(16)10-14-2-1-5-22-14)17(21)18-15-7-11-3-4-12(15)6-11/h1-2,5,11-13,15H,3-4,6-10H2,(H,18,21)/t11-,12+,13+,15-/m0/s1. The van der Waals surface area contributed by atoms with Crippen molar-refractivity contribution in [2.75, 3.05) is 6.54 Å². The molecule has 2 bridgehead atoms. The zero-order valence-electron chi connectivity index (χ0n) is 12.7. The van der Waals surface area contributed by atoms with E-state index in [0.29, 0.717) is 31.5 Å². The molecule has 2 aliphatic carbocycles. The summed E-state index contributed by atoms with van der Waals surface area (Å²) in [4.78, 5) is 26.3. The maximum atomic E-state index is 12.5. The maximum Gasteiger partial charge on any atom is 0.225 e. The molecule has 4 rings (SSSR count). The second kappa shape index (κ2) is 5.45. The van der Waals surface area contributed by atoms with Crippen LogP contribution in [0.15, 0.2) is 22.8 Å². The molecule has 0 radical (unpaired) electrons. The number of hydrogen-bond acceptors (Lipinski definition) is 3. The number of hydrogen-bond donors (Lipinski definition) is 1. The van der Waals surface area contributed by atoms with E-state index < -0.39 is 0 Å². The molecule has 5 heteroatoms. The molecule has 2 saturated carbocycles. The van der Waals surface area contributed by atoms with Gasteiger partial charge in [0.1, 0.15) is 5.76 Å². The van der Waals surface area contributed by atoms with E-state index in [1.54, 1.807) is 11.2 Å². The number of nitrogens with zero attached hydrogens (tertiary/aromatic N) is 1. The predicted octanol–water partition coefficient (Wildman–Crippen LogP) is 1.93. The van der Waals surface area contributed by atoms with E-state index in [-0.39, 0.29) is 17.7 Å². The first-order chi connectivity index (χ1) is 10.7. The summed E-state index contributed by atoms with van der Waals surface area (Å²) in [7, 11) is 0. The number of furan rings is 1. The Morgan fingerprint density at radius 1 is 1.36 bits per heavy atom. The molecule has 3 fully saturated rings. The molecule has 1 aromatic rings. The second-order valence-corrected chi connectivity index (χ2v) is 7.04. The van der Waals surface area contributed by atoms with Crippen LogP contribution in [0, 0.1) is 17.8 Å². The van der Waals surface area contributed by atoms with Gasteiger partial charge in [-0.25, -0.2) is 0 Å². The number of nitrogens with one attached hydrogen (secondary N) is 1. The van der Waals surface area contributed by atoms with Gasteiger partial charge >= 0.3 is 0 Å². The van der Waals surface area contributed by atoms with Gasteiger partial charge in [-0.2, -0.15) is 0 Å². The van der Waals surface area contributed by atoms with Gasteiger partial charge in [0.05, 0.1) is 18.7 Å². The van der Waals surface area contributed by atoms with Crippen LogP contribution in [0.3, 0.4) is 0 Å². The second-order valence-electron chi connectivity index (χ2n) is 7.04. The van der Waals surface area contributed by atoms with Crippen LogP contribution in [0.5, 0.6) is 0 Å². The first kappa shape index (κ1) is 13.9. The third-order valence-corrected chi connectivity index (χ3v) is 5.58. The van der Waals surface area contributed by atoms with Crippen LogP contribution in [-0.2, 0) is 16.1 Å². The summed E-state index contributed by atoms with van der Waals surface area (Å²) in [6.07, 6.45) is 6.93. The van der Waals surface area contributed by atoms with Gasteiger partial charge in [0.2, 0.25) is 11.8 Å². The van der Waals surface area contributed by atoms with Gasteiger partial charge in [0.25, 0.3) is 0 Å². The third kappa shape index (κ3) is 2.53. The maximum absolute atomic E-state index is 12.5. The molecule has 22 heavy (non-hydrogen) atoms. The molecule has 2 amide bonds. The molecular weight excluding hydrogens is 280 g/mol. The largest absolute Gasteiger partial charge is 0.467 e. The van der Waals surface area contributed by atoms with E-state index in [9.17, 15) is 9.59 Å². The average Bonchev–Trinajstić information content (AvgIpc) is 3.25. The first-order valence-electron chi connectivity index (χ1n) is 8.29. The van der Waals surface area contributed by atoms with Gasteiger partial charge in [-0.05, 0) is 43.2 Å². The number of amides is 2. The zero-order valence-corrected chi connectivity index (χ0v) is 12.7. The van der Waals surface area contributed by atoms with Crippen LogP contribution < -0.4 is 5.32 Å². The Morgan fingerprint density at radius 2 is 2.27 bits per heavy atom. The van der Waals surface area contributed by atoms with Gasteiger partial charge in [0, 0.05) is 19.0 Å². The van der Waals surface area contributed by atoms with E-state index in [4.69, 9.17) is 4.42 Å². The Morgan fingerprint density at radius 3 is 2.95 bits per heavy atom. The Labute approximate surface area is 130 Å². The van der Waals surface area contributed by atoms with Gasteiger partial charge in [-0.3, -0.25) is 9.59 Å². The van der Waals surface area contributed by atoms with E-state index >= 15 is 0 Å². The minimum absolute atomic E-state index is 0.0458. The molecule has 0 spiro atoms. The van der Waals surface area contributed by atoms with Crippen LogP contribution in [-0.4, -0.2) is 29.3 Å². The lowest BCUT2D eigenvalue weighted by Gasteiger charge is -2.24. The van der Waals surface area contributed by atoms with E-state index in [2.05, 4.69) is 5.32 Å². The highest BCUT2D eigenvalue weighted by molar-refractivity contribution is 5.89.